The smallest absolute Gasteiger partial charge is 0.225 e. The number of hydrogen-bond donors (Lipinski definition) is 1. The number of para-hydroxylation sites is 1. The Morgan fingerprint density at radius 2 is 1.69 bits per heavy atom. The Morgan fingerprint density at radius 1 is 0.862 bits per heavy atom. The Labute approximate surface area is 170 Å². The number of fused-ring (bicyclic) bond motifs is 1. The summed E-state index contributed by atoms with van der Waals surface area (Å²) < 4.78 is 0. The molecule has 4 aromatic rings. The molecule has 2 aromatic carbocycles. The van der Waals surface area contributed by atoms with E-state index >= 15 is 0 Å². The maximum atomic E-state index is 4.83. The Hall–Kier alpha value is -3.73. The molecule has 0 unspecified atom stereocenters. The number of anilines is 3. The van der Waals surface area contributed by atoms with E-state index in [0.717, 1.165) is 35.7 Å². The molecule has 0 saturated carbocycles. The molecule has 5 nitrogen and oxygen atoms in total. The highest BCUT2D eigenvalue weighted by Gasteiger charge is 2.22. The molecule has 0 spiro atoms. The van der Waals surface area contributed by atoms with Gasteiger partial charge in [-0.05, 0) is 30.2 Å². The van der Waals surface area contributed by atoms with Crippen molar-refractivity contribution in [1.29, 1.82) is 0 Å². The first kappa shape index (κ1) is 17.4. The zero-order valence-electron chi connectivity index (χ0n) is 16.0. The van der Waals surface area contributed by atoms with Crippen LogP contribution in [0.1, 0.15) is 11.3 Å². The van der Waals surface area contributed by atoms with Crippen molar-refractivity contribution in [1.82, 2.24) is 15.0 Å². The highest BCUT2D eigenvalue weighted by atomic mass is 15.2. The van der Waals surface area contributed by atoms with Crippen molar-refractivity contribution in [2.24, 2.45) is 0 Å². The minimum absolute atomic E-state index is 0.578. The molecule has 0 atom stereocenters. The first-order chi connectivity index (χ1) is 14.4. The lowest BCUT2D eigenvalue weighted by Gasteiger charge is -2.20. The molecule has 0 fully saturated rings. The van der Waals surface area contributed by atoms with Crippen LogP contribution in [-0.4, -0.2) is 21.5 Å². The van der Waals surface area contributed by atoms with Crippen LogP contribution in [-0.2, 0) is 13.0 Å². The average Bonchev–Trinajstić information content (AvgIpc) is 3.23. The van der Waals surface area contributed by atoms with E-state index in [4.69, 9.17) is 9.97 Å². The Balaban J connectivity index is 1.52. The number of hydrogen-bond acceptors (Lipinski definition) is 5. The predicted octanol–water partition coefficient (Wildman–Crippen LogP) is 4.84. The van der Waals surface area contributed by atoms with Gasteiger partial charge in [-0.2, -0.15) is 4.98 Å². The lowest BCUT2D eigenvalue weighted by molar-refractivity contribution is 0.952. The second-order valence-electron chi connectivity index (χ2n) is 7.01. The number of benzene rings is 2. The molecule has 0 bridgehead atoms. The Morgan fingerprint density at radius 3 is 2.55 bits per heavy atom. The molecule has 0 aliphatic carbocycles. The van der Waals surface area contributed by atoms with Gasteiger partial charge in [0.2, 0.25) is 5.95 Å². The summed E-state index contributed by atoms with van der Waals surface area (Å²) in [7, 11) is 0. The second kappa shape index (κ2) is 7.72. The summed E-state index contributed by atoms with van der Waals surface area (Å²) in [5, 5.41) is 3.35. The van der Waals surface area contributed by atoms with E-state index in [1.165, 1.54) is 11.3 Å². The third-order valence-electron chi connectivity index (χ3n) is 5.10. The van der Waals surface area contributed by atoms with Gasteiger partial charge in [-0.1, -0.05) is 54.6 Å². The maximum absolute atomic E-state index is 4.83. The molecule has 0 saturated heterocycles. The monoisotopic (exact) mass is 379 g/mol. The standard InChI is InChI=1S/C24H21N5/c1-2-8-18(9-3-1)21-16-23(29-15-13-19-10-4-5-12-22(19)29)28-24(27-21)26-17-20-11-6-7-14-25-20/h1-12,14,16H,13,15,17H2,(H,26,27,28). The number of rotatable bonds is 5. The van der Waals surface area contributed by atoms with Gasteiger partial charge in [-0.3, -0.25) is 4.98 Å². The van der Waals surface area contributed by atoms with Crippen molar-refractivity contribution in [3.8, 4) is 11.3 Å². The molecular weight excluding hydrogens is 358 g/mol. The SMILES string of the molecule is c1ccc(-c2cc(N3CCc4ccccc43)nc(NCc3ccccn3)n2)cc1. The molecule has 3 heterocycles. The van der Waals surface area contributed by atoms with Gasteiger partial charge >= 0.3 is 0 Å². The number of pyridine rings is 1. The quantitative estimate of drug-likeness (QED) is 0.537. The van der Waals surface area contributed by atoms with Crippen molar-refractivity contribution < 1.29 is 0 Å². The van der Waals surface area contributed by atoms with E-state index in [-0.39, 0.29) is 0 Å². The first-order valence-electron chi connectivity index (χ1n) is 9.80. The summed E-state index contributed by atoms with van der Waals surface area (Å²) in [4.78, 5) is 16.2. The van der Waals surface area contributed by atoms with Gasteiger partial charge in [0.25, 0.3) is 0 Å². The molecule has 5 rings (SSSR count). The van der Waals surface area contributed by atoms with E-state index in [9.17, 15) is 0 Å². The topological polar surface area (TPSA) is 53.9 Å². The lowest BCUT2D eigenvalue weighted by Crippen LogP contribution is -2.16. The number of aromatic nitrogens is 3. The van der Waals surface area contributed by atoms with Crippen molar-refractivity contribution in [2.45, 2.75) is 13.0 Å². The normalized spacial score (nSPS) is 12.6. The molecule has 142 valence electrons. The van der Waals surface area contributed by atoms with E-state index < -0.39 is 0 Å². The predicted molar refractivity (Wildman–Crippen MR) is 116 cm³/mol. The Bertz CT molecular complexity index is 1110. The molecule has 2 aromatic heterocycles. The zero-order valence-corrected chi connectivity index (χ0v) is 16.0. The van der Waals surface area contributed by atoms with Crippen molar-refractivity contribution in [3.05, 3.63) is 96.3 Å². The lowest BCUT2D eigenvalue weighted by atomic mass is 10.1. The summed E-state index contributed by atoms with van der Waals surface area (Å²) in [6.07, 6.45) is 2.82. The molecule has 1 N–H and O–H groups in total. The minimum atomic E-state index is 0.578. The van der Waals surface area contributed by atoms with E-state index in [1.807, 2.05) is 36.4 Å². The molecule has 0 radical (unpaired) electrons. The number of nitrogens with zero attached hydrogens (tertiary/aromatic N) is 4. The van der Waals surface area contributed by atoms with Gasteiger partial charge in [-0.25, -0.2) is 4.98 Å². The fourth-order valence-electron chi connectivity index (χ4n) is 3.66. The van der Waals surface area contributed by atoms with Crippen LogP contribution in [0.3, 0.4) is 0 Å². The van der Waals surface area contributed by atoms with Crippen molar-refractivity contribution >= 4 is 17.5 Å². The maximum Gasteiger partial charge on any atom is 0.225 e. The molecule has 29 heavy (non-hydrogen) atoms. The highest BCUT2D eigenvalue weighted by Crippen LogP contribution is 2.35. The molecular formula is C24H21N5. The van der Waals surface area contributed by atoms with Gasteiger partial charge in [0, 0.05) is 30.1 Å². The first-order valence-corrected chi connectivity index (χ1v) is 9.80. The summed E-state index contributed by atoms with van der Waals surface area (Å²) in [5.41, 5.74) is 5.51. The summed E-state index contributed by atoms with van der Waals surface area (Å²) in [6.45, 7) is 1.50. The van der Waals surface area contributed by atoms with Gasteiger partial charge < -0.3 is 10.2 Å². The van der Waals surface area contributed by atoms with Crippen LogP contribution >= 0.6 is 0 Å². The van der Waals surface area contributed by atoms with E-state index in [1.54, 1.807) is 6.20 Å². The van der Waals surface area contributed by atoms with Crippen molar-refractivity contribution in [3.63, 3.8) is 0 Å². The minimum Gasteiger partial charge on any atom is -0.348 e. The zero-order chi connectivity index (χ0) is 19.5. The Kier molecular flexibility index (Phi) is 4.62. The summed E-state index contributed by atoms with van der Waals surface area (Å²) in [5.74, 6) is 1.52. The third-order valence-corrected chi connectivity index (χ3v) is 5.10. The van der Waals surface area contributed by atoms with Gasteiger partial charge in [-0.15, -0.1) is 0 Å². The molecule has 0 amide bonds. The summed E-state index contributed by atoms with van der Waals surface area (Å²) >= 11 is 0. The fourth-order valence-corrected chi connectivity index (χ4v) is 3.66. The highest BCUT2D eigenvalue weighted by molar-refractivity contribution is 5.72. The molecule has 1 aliphatic heterocycles. The van der Waals surface area contributed by atoms with Crippen LogP contribution < -0.4 is 10.2 Å². The molecule has 1 aliphatic rings. The van der Waals surface area contributed by atoms with Gasteiger partial charge in [0.05, 0.1) is 17.9 Å². The van der Waals surface area contributed by atoms with Crippen LogP contribution in [0.4, 0.5) is 17.5 Å². The third kappa shape index (κ3) is 3.67. The summed E-state index contributed by atoms with van der Waals surface area (Å²) in [6, 6.07) is 26.7. The van der Waals surface area contributed by atoms with E-state index in [2.05, 4.69) is 57.7 Å². The molecule has 5 heteroatoms. The number of nitrogens with one attached hydrogen (secondary N) is 1. The van der Waals surface area contributed by atoms with Crippen molar-refractivity contribution in [2.75, 3.05) is 16.8 Å². The van der Waals surface area contributed by atoms with Crippen LogP contribution in [0.25, 0.3) is 11.3 Å². The largest absolute Gasteiger partial charge is 0.348 e. The van der Waals surface area contributed by atoms with Crippen LogP contribution in [0.15, 0.2) is 85.1 Å². The van der Waals surface area contributed by atoms with Crippen LogP contribution in [0.2, 0.25) is 0 Å². The fraction of sp³-hybridized carbons (Fsp3) is 0.125. The van der Waals surface area contributed by atoms with Crippen LogP contribution in [0, 0.1) is 0 Å². The van der Waals surface area contributed by atoms with E-state index in [0.29, 0.717) is 12.5 Å². The average molecular weight is 379 g/mol. The van der Waals surface area contributed by atoms with Gasteiger partial charge in [0.15, 0.2) is 0 Å². The second-order valence-corrected chi connectivity index (χ2v) is 7.01. The van der Waals surface area contributed by atoms with Crippen LogP contribution in [0.5, 0.6) is 0 Å². The van der Waals surface area contributed by atoms with Gasteiger partial charge in [0.1, 0.15) is 5.82 Å².